The van der Waals surface area contributed by atoms with Gasteiger partial charge in [-0.15, -0.1) is 0 Å². The van der Waals surface area contributed by atoms with E-state index in [-0.39, 0.29) is 11.6 Å². The summed E-state index contributed by atoms with van der Waals surface area (Å²) < 4.78 is 4.85. The van der Waals surface area contributed by atoms with E-state index in [0.29, 0.717) is 18.6 Å². The standard InChI is InChI=1S/C10H15N3O2/c1-15-6-4-8(11)9(14)7-3-2-5-13-10(7)12/h2-3,5,8H,4,6,11H2,1H3,(H2,12,13). The van der Waals surface area contributed by atoms with Crippen LogP contribution in [0.1, 0.15) is 16.8 Å². The van der Waals surface area contributed by atoms with E-state index in [4.69, 9.17) is 16.2 Å². The summed E-state index contributed by atoms with van der Waals surface area (Å²) in [6.07, 6.45) is 2.01. The highest BCUT2D eigenvalue weighted by atomic mass is 16.5. The molecule has 0 aromatic carbocycles. The molecule has 5 heteroatoms. The molecule has 1 heterocycles. The minimum atomic E-state index is -0.587. The van der Waals surface area contributed by atoms with Crippen molar-refractivity contribution in [2.75, 3.05) is 19.5 Å². The largest absolute Gasteiger partial charge is 0.385 e. The highest BCUT2D eigenvalue weighted by molar-refractivity contribution is 6.03. The van der Waals surface area contributed by atoms with Gasteiger partial charge in [0.25, 0.3) is 0 Å². The van der Waals surface area contributed by atoms with Crippen molar-refractivity contribution in [2.24, 2.45) is 5.73 Å². The molecule has 0 saturated carbocycles. The van der Waals surface area contributed by atoms with E-state index in [1.165, 1.54) is 6.20 Å². The minimum absolute atomic E-state index is 0.197. The Morgan fingerprint density at radius 3 is 3.00 bits per heavy atom. The molecule has 0 bridgehead atoms. The van der Waals surface area contributed by atoms with Crippen LogP contribution in [0.4, 0.5) is 5.82 Å². The van der Waals surface area contributed by atoms with Crippen LogP contribution in [-0.2, 0) is 4.74 Å². The number of nitrogen functional groups attached to an aromatic ring is 1. The zero-order valence-electron chi connectivity index (χ0n) is 8.64. The van der Waals surface area contributed by atoms with Crippen LogP contribution < -0.4 is 11.5 Å². The molecule has 4 N–H and O–H groups in total. The number of ketones is 1. The monoisotopic (exact) mass is 209 g/mol. The number of Topliss-reactive ketones (excluding diaryl/α,β-unsaturated/α-hetero) is 1. The quantitative estimate of drug-likeness (QED) is 0.676. The molecule has 1 aromatic heterocycles. The zero-order chi connectivity index (χ0) is 11.3. The number of nitrogens with two attached hydrogens (primary N) is 2. The molecule has 5 nitrogen and oxygen atoms in total. The number of anilines is 1. The number of rotatable bonds is 5. The Hall–Kier alpha value is -1.46. The summed E-state index contributed by atoms with van der Waals surface area (Å²) in [6.45, 7) is 0.451. The first-order chi connectivity index (χ1) is 7.16. The van der Waals surface area contributed by atoms with E-state index in [2.05, 4.69) is 4.98 Å². The fourth-order valence-corrected chi connectivity index (χ4v) is 1.20. The third-order valence-electron chi connectivity index (χ3n) is 2.07. The number of ether oxygens (including phenoxy) is 1. The Kier molecular flexibility index (Phi) is 4.20. The minimum Gasteiger partial charge on any atom is -0.385 e. The Bertz CT molecular complexity index is 341. The summed E-state index contributed by atoms with van der Waals surface area (Å²) in [4.78, 5) is 15.6. The number of aromatic nitrogens is 1. The maximum Gasteiger partial charge on any atom is 0.183 e. The molecule has 0 radical (unpaired) electrons. The molecule has 82 valence electrons. The fourth-order valence-electron chi connectivity index (χ4n) is 1.20. The van der Waals surface area contributed by atoms with Crippen molar-refractivity contribution < 1.29 is 9.53 Å². The van der Waals surface area contributed by atoms with Gasteiger partial charge >= 0.3 is 0 Å². The molecule has 0 amide bonds. The Morgan fingerprint density at radius 1 is 1.67 bits per heavy atom. The second kappa shape index (κ2) is 5.43. The molecule has 1 atom stereocenters. The summed E-state index contributed by atoms with van der Waals surface area (Å²) in [6, 6.07) is 2.70. The van der Waals surface area contributed by atoms with E-state index in [0.717, 1.165) is 0 Å². The second-order valence-electron chi connectivity index (χ2n) is 3.19. The number of hydrogen-bond donors (Lipinski definition) is 2. The number of carbonyl (C=O) groups excluding carboxylic acids is 1. The van der Waals surface area contributed by atoms with Gasteiger partial charge in [-0.2, -0.15) is 0 Å². The molecule has 15 heavy (non-hydrogen) atoms. The normalized spacial score (nSPS) is 12.4. The molecule has 0 saturated heterocycles. The molecule has 0 spiro atoms. The summed E-state index contributed by atoms with van der Waals surface area (Å²) in [7, 11) is 1.57. The molecule has 1 aromatic rings. The van der Waals surface area contributed by atoms with E-state index in [9.17, 15) is 4.79 Å². The van der Waals surface area contributed by atoms with Gasteiger partial charge in [-0.3, -0.25) is 4.79 Å². The third kappa shape index (κ3) is 3.00. The lowest BCUT2D eigenvalue weighted by Crippen LogP contribution is -2.32. The molecule has 0 aliphatic heterocycles. The van der Waals surface area contributed by atoms with Crippen LogP contribution in [-0.4, -0.2) is 30.5 Å². The predicted octanol–water partition coefficient (Wildman–Crippen LogP) is 0.210. The lowest BCUT2D eigenvalue weighted by molar-refractivity contribution is 0.0936. The van der Waals surface area contributed by atoms with Gasteiger partial charge in [0.15, 0.2) is 5.78 Å². The Balaban J connectivity index is 2.72. The van der Waals surface area contributed by atoms with E-state index >= 15 is 0 Å². The first-order valence-electron chi connectivity index (χ1n) is 4.66. The fraction of sp³-hybridized carbons (Fsp3) is 0.400. The van der Waals surface area contributed by atoms with E-state index in [1.807, 2.05) is 0 Å². The van der Waals surface area contributed by atoms with Crippen LogP contribution in [0.3, 0.4) is 0 Å². The molecule has 0 fully saturated rings. The van der Waals surface area contributed by atoms with Crippen molar-refractivity contribution in [3.05, 3.63) is 23.9 Å². The first-order valence-corrected chi connectivity index (χ1v) is 4.66. The van der Waals surface area contributed by atoms with Crippen LogP contribution >= 0.6 is 0 Å². The van der Waals surface area contributed by atoms with Gasteiger partial charge in [-0.25, -0.2) is 4.98 Å². The van der Waals surface area contributed by atoms with Gasteiger partial charge in [0.2, 0.25) is 0 Å². The average Bonchev–Trinajstić information content (AvgIpc) is 2.25. The molecular weight excluding hydrogens is 194 g/mol. The second-order valence-corrected chi connectivity index (χ2v) is 3.19. The van der Waals surface area contributed by atoms with Gasteiger partial charge in [-0.05, 0) is 18.6 Å². The lowest BCUT2D eigenvalue weighted by Gasteiger charge is -2.10. The highest BCUT2D eigenvalue weighted by Crippen LogP contribution is 2.10. The number of hydrogen-bond acceptors (Lipinski definition) is 5. The zero-order valence-corrected chi connectivity index (χ0v) is 8.64. The molecule has 0 aliphatic rings. The van der Waals surface area contributed by atoms with Crippen LogP contribution in [0.2, 0.25) is 0 Å². The van der Waals surface area contributed by atoms with Crippen molar-refractivity contribution in [3.8, 4) is 0 Å². The topological polar surface area (TPSA) is 91.2 Å². The van der Waals surface area contributed by atoms with Gasteiger partial charge in [0.1, 0.15) is 5.82 Å². The van der Waals surface area contributed by atoms with Gasteiger partial charge in [0.05, 0.1) is 11.6 Å². The van der Waals surface area contributed by atoms with Crippen molar-refractivity contribution >= 4 is 11.6 Å². The van der Waals surface area contributed by atoms with Gasteiger partial charge < -0.3 is 16.2 Å². The van der Waals surface area contributed by atoms with Crippen LogP contribution in [0, 0.1) is 0 Å². The Morgan fingerprint density at radius 2 is 2.40 bits per heavy atom. The summed E-state index contributed by atoms with van der Waals surface area (Å²) in [5, 5.41) is 0. The summed E-state index contributed by atoms with van der Waals surface area (Å²) >= 11 is 0. The van der Waals surface area contributed by atoms with Crippen molar-refractivity contribution in [1.82, 2.24) is 4.98 Å². The smallest absolute Gasteiger partial charge is 0.183 e. The van der Waals surface area contributed by atoms with Gasteiger partial charge in [0, 0.05) is 19.9 Å². The highest BCUT2D eigenvalue weighted by Gasteiger charge is 2.17. The van der Waals surface area contributed by atoms with Crippen LogP contribution in [0.25, 0.3) is 0 Å². The molecule has 1 unspecified atom stereocenters. The third-order valence-corrected chi connectivity index (χ3v) is 2.07. The van der Waals surface area contributed by atoms with Gasteiger partial charge in [-0.1, -0.05) is 0 Å². The summed E-state index contributed by atoms with van der Waals surface area (Å²) in [5.74, 6) is 0.0213. The van der Waals surface area contributed by atoms with Crippen molar-refractivity contribution in [3.63, 3.8) is 0 Å². The number of pyridine rings is 1. The maximum absolute atomic E-state index is 11.8. The van der Waals surface area contributed by atoms with Crippen LogP contribution in [0.15, 0.2) is 18.3 Å². The molecule has 0 aliphatic carbocycles. The summed E-state index contributed by atoms with van der Waals surface area (Å²) in [5.41, 5.74) is 11.6. The Labute approximate surface area is 88.4 Å². The van der Waals surface area contributed by atoms with Crippen molar-refractivity contribution in [1.29, 1.82) is 0 Å². The SMILES string of the molecule is COCCC(N)C(=O)c1cccnc1N. The maximum atomic E-state index is 11.8. The lowest BCUT2D eigenvalue weighted by atomic mass is 10.0. The van der Waals surface area contributed by atoms with Crippen molar-refractivity contribution in [2.45, 2.75) is 12.5 Å². The van der Waals surface area contributed by atoms with Crippen LogP contribution in [0.5, 0.6) is 0 Å². The number of nitrogens with zero attached hydrogens (tertiary/aromatic N) is 1. The number of carbonyl (C=O) groups is 1. The first kappa shape index (κ1) is 11.6. The van der Waals surface area contributed by atoms with E-state index < -0.39 is 6.04 Å². The molecule has 1 rings (SSSR count). The number of methoxy groups -OCH3 is 1. The average molecular weight is 209 g/mol. The molecular formula is C10H15N3O2. The predicted molar refractivity (Wildman–Crippen MR) is 57.4 cm³/mol. The van der Waals surface area contributed by atoms with E-state index in [1.54, 1.807) is 19.2 Å².